The quantitative estimate of drug-likeness (QED) is 0.667. The largest absolute Gasteiger partial charge is 0.383 e. The summed E-state index contributed by atoms with van der Waals surface area (Å²) in [5.41, 5.74) is 2.82. The topological polar surface area (TPSA) is 33.7 Å². The van der Waals surface area contributed by atoms with E-state index in [1.807, 2.05) is 7.05 Å². The molecule has 0 saturated heterocycles. The molecule has 0 heterocycles. The van der Waals surface area contributed by atoms with Crippen molar-refractivity contribution < 1.29 is 9.47 Å². The van der Waals surface area contributed by atoms with Gasteiger partial charge in [-0.2, -0.15) is 0 Å². The summed E-state index contributed by atoms with van der Waals surface area (Å²) in [5, 5.41) is 3.21. The van der Waals surface area contributed by atoms with Gasteiger partial charge < -0.3 is 14.8 Å². The Kier molecular flexibility index (Phi) is 9.24. The Balaban J connectivity index is 2.65. The Morgan fingerprint density at radius 3 is 2.15 bits per heavy atom. The molecular weight excluding hydrogens is 252 g/mol. The van der Waals surface area contributed by atoms with Crippen molar-refractivity contribution in [2.75, 3.05) is 54.1 Å². The van der Waals surface area contributed by atoms with E-state index < -0.39 is 0 Å². The van der Waals surface area contributed by atoms with E-state index >= 15 is 0 Å². The molecule has 0 atom stereocenters. The van der Waals surface area contributed by atoms with Crippen molar-refractivity contribution in [3.63, 3.8) is 0 Å². The summed E-state index contributed by atoms with van der Waals surface area (Å²) in [4.78, 5) is 2.38. The van der Waals surface area contributed by atoms with Crippen LogP contribution in [0.2, 0.25) is 0 Å². The van der Waals surface area contributed by atoms with Crippen LogP contribution in [0.1, 0.15) is 11.1 Å². The fraction of sp³-hybridized carbons (Fsp3) is 0.625. The predicted octanol–water partition coefficient (Wildman–Crippen LogP) is 1.54. The predicted molar refractivity (Wildman–Crippen MR) is 83.1 cm³/mol. The third kappa shape index (κ3) is 6.48. The molecule has 0 spiro atoms. The number of nitrogens with one attached hydrogen (secondary N) is 1. The minimum atomic E-state index is 0.752. The van der Waals surface area contributed by atoms with Gasteiger partial charge >= 0.3 is 0 Å². The van der Waals surface area contributed by atoms with Crippen molar-refractivity contribution in [1.82, 2.24) is 10.2 Å². The molecule has 0 amide bonds. The lowest BCUT2D eigenvalue weighted by atomic mass is 10.0. The highest BCUT2D eigenvalue weighted by atomic mass is 16.5. The van der Waals surface area contributed by atoms with E-state index in [4.69, 9.17) is 9.47 Å². The minimum absolute atomic E-state index is 0.752. The molecule has 20 heavy (non-hydrogen) atoms. The van der Waals surface area contributed by atoms with Crippen LogP contribution in [0.15, 0.2) is 24.3 Å². The minimum Gasteiger partial charge on any atom is -0.383 e. The second kappa shape index (κ2) is 10.8. The highest BCUT2D eigenvalue weighted by Crippen LogP contribution is 2.12. The van der Waals surface area contributed by atoms with Crippen molar-refractivity contribution in [1.29, 1.82) is 0 Å². The van der Waals surface area contributed by atoms with Crippen LogP contribution >= 0.6 is 0 Å². The number of hydrogen-bond acceptors (Lipinski definition) is 4. The Morgan fingerprint density at radius 2 is 1.60 bits per heavy atom. The van der Waals surface area contributed by atoms with Gasteiger partial charge in [0, 0.05) is 33.9 Å². The van der Waals surface area contributed by atoms with Gasteiger partial charge in [0.05, 0.1) is 13.2 Å². The maximum Gasteiger partial charge on any atom is 0.0589 e. The Morgan fingerprint density at radius 1 is 1.00 bits per heavy atom. The lowest BCUT2D eigenvalue weighted by Gasteiger charge is -2.23. The summed E-state index contributed by atoms with van der Waals surface area (Å²) in [5.74, 6) is 0. The molecule has 0 aliphatic heterocycles. The SMILES string of the molecule is CNCCc1ccccc1CN(CCOC)CCOC. The highest BCUT2D eigenvalue weighted by Gasteiger charge is 2.08. The molecule has 0 radical (unpaired) electrons. The average molecular weight is 280 g/mol. The van der Waals surface area contributed by atoms with Gasteiger partial charge in [-0.1, -0.05) is 24.3 Å². The zero-order chi connectivity index (χ0) is 14.6. The molecule has 0 aliphatic carbocycles. The summed E-state index contributed by atoms with van der Waals surface area (Å²) in [6.07, 6.45) is 1.06. The van der Waals surface area contributed by atoms with Crippen molar-refractivity contribution in [2.45, 2.75) is 13.0 Å². The van der Waals surface area contributed by atoms with Gasteiger partial charge in [0.15, 0.2) is 0 Å². The molecule has 114 valence electrons. The van der Waals surface area contributed by atoms with Gasteiger partial charge in [0.2, 0.25) is 0 Å². The average Bonchev–Trinajstić information content (AvgIpc) is 2.49. The summed E-state index contributed by atoms with van der Waals surface area (Å²) in [6.45, 7) is 5.32. The van der Waals surface area contributed by atoms with Crippen LogP contribution in [-0.4, -0.2) is 59.0 Å². The Hall–Kier alpha value is -0.940. The van der Waals surface area contributed by atoms with E-state index in [2.05, 4.69) is 34.5 Å². The van der Waals surface area contributed by atoms with Gasteiger partial charge in [-0.15, -0.1) is 0 Å². The van der Waals surface area contributed by atoms with Crippen LogP contribution in [-0.2, 0) is 22.4 Å². The fourth-order valence-corrected chi connectivity index (χ4v) is 2.17. The molecule has 0 aromatic heterocycles. The molecule has 1 aromatic rings. The number of ether oxygens (including phenoxy) is 2. The third-order valence-electron chi connectivity index (χ3n) is 3.38. The zero-order valence-corrected chi connectivity index (χ0v) is 13.0. The molecule has 4 heteroatoms. The van der Waals surface area contributed by atoms with Gasteiger partial charge in [0.25, 0.3) is 0 Å². The molecule has 0 unspecified atom stereocenters. The second-order valence-corrected chi connectivity index (χ2v) is 4.88. The van der Waals surface area contributed by atoms with Crippen LogP contribution < -0.4 is 5.32 Å². The number of benzene rings is 1. The van der Waals surface area contributed by atoms with Crippen LogP contribution in [0, 0.1) is 0 Å². The number of hydrogen-bond donors (Lipinski definition) is 1. The lowest BCUT2D eigenvalue weighted by molar-refractivity contribution is 0.110. The maximum absolute atomic E-state index is 5.19. The summed E-state index contributed by atoms with van der Waals surface area (Å²) >= 11 is 0. The van der Waals surface area contributed by atoms with Gasteiger partial charge in [-0.25, -0.2) is 0 Å². The van der Waals surface area contributed by atoms with Crippen LogP contribution in [0.5, 0.6) is 0 Å². The lowest BCUT2D eigenvalue weighted by Crippen LogP contribution is -2.30. The normalized spacial score (nSPS) is 11.2. The van der Waals surface area contributed by atoms with E-state index in [1.165, 1.54) is 11.1 Å². The molecule has 1 N–H and O–H groups in total. The van der Waals surface area contributed by atoms with Gasteiger partial charge in [-0.05, 0) is 31.1 Å². The monoisotopic (exact) mass is 280 g/mol. The molecule has 0 aliphatic rings. The maximum atomic E-state index is 5.19. The first-order chi connectivity index (χ1) is 9.81. The van der Waals surface area contributed by atoms with E-state index in [1.54, 1.807) is 14.2 Å². The standard InChI is InChI=1S/C16H28N2O2/c1-17-9-8-15-6-4-5-7-16(15)14-18(10-12-19-2)11-13-20-3/h4-7,17H,8-14H2,1-3H3. The molecule has 1 rings (SSSR count). The van der Waals surface area contributed by atoms with E-state index in [0.717, 1.165) is 45.8 Å². The number of nitrogens with zero attached hydrogens (tertiary/aromatic N) is 1. The van der Waals surface area contributed by atoms with Gasteiger partial charge in [0.1, 0.15) is 0 Å². The molecule has 0 bridgehead atoms. The number of rotatable bonds is 11. The molecule has 0 fully saturated rings. The van der Waals surface area contributed by atoms with Gasteiger partial charge in [-0.3, -0.25) is 4.90 Å². The Bertz CT molecular complexity index is 350. The second-order valence-electron chi connectivity index (χ2n) is 4.88. The van der Waals surface area contributed by atoms with E-state index in [9.17, 15) is 0 Å². The van der Waals surface area contributed by atoms with Crippen molar-refractivity contribution >= 4 is 0 Å². The summed E-state index contributed by atoms with van der Waals surface area (Å²) in [6, 6.07) is 8.67. The van der Waals surface area contributed by atoms with E-state index in [0.29, 0.717) is 0 Å². The third-order valence-corrected chi connectivity index (χ3v) is 3.38. The summed E-state index contributed by atoms with van der Waals surface area (Å²) in [7, 11) is 5.48. The van der Waals surface area contributed by atoms with Crippen LogP contribution in [0.4, 0.5) is 0 Å². The van der Waals surface area contributed by atoms with Crippen LogP contribution in [0.3, 0.4) is 0 Å². The van der Waals surface area contributed by atoms with E-state index in [-0.39, 0.29) is 0 Å². The fourth-order valence-electron chi connectivity index (χ4n) is 2.17. The smallest absolute Gasteiger partial charge is 0.0589 e. The van der Waals surface area contributed by atoms with Crippen LogP contribution in [0.25, 0.3) is 0 Å². The molecule has 1 aromatic carbocycles. The first kappa shape index (κ1) is 17.1. The van der Waals surface area contributed by atoms with Crippen molar-refractivity contribution in [3.8, 4) is 0 Å². The molecular formula is C16H28N2O2. The first-order valence-corrected chi connectivity index (χ1v) is 7.23. The molecule has 4 nitrogen and oxygen atoms in total. The Labute approximate surface area is 123 Å². The van der Waals surface area contributed by atoms with Crippen molar-refractivity contribution in [3.05, 3.63) is 35.4 Å². The van der Waals surface area contributed by atoms with Crippen molar-refractivity contribution in [2.24, 2.45) is 0 Å². The molecule has 0 saturated carbocycles. The first-order valence-electron chi connectivity index (χ1n) is 7.23. The zero-order valence-electron chi connectivity index (χ0n) is 13.0. The summed E-state index contributed by atoms with van der Waals surface area (Å²) < 4.78 is 10.4. The highest BCUT2D eigenvalue weighted by molar-refractivity contribution is 5.27. The number of likely N-dealkylation sites (N-methyl/N-ethyl adjacent to an activating group) is 1. The number of methoxy groups -OCH3 is 2.